The Labute approximate surface area is 173 Å². The van der Waals surface area contributed by atoms with Gasteiger partial charge in [-0.25, -0.2) is 9.78 Å². The van der Waals surface area contributed by atoms with E-state index in [0.717, 1.165) is 17.2 Å². The standard InChI is InChI=1S/C21H24N4O3S/c1-3-25-17-8-6-5-7-15(17)13-18(25)19-22-16(14-29-19)20(26)23-9-11-24(12-10-23)21(27)28-4-2/h5-8,13-14H,3-4,9-12H2,1-2H3. The van der Waals surface area contributed by atoms with Crippen molar-refractivity contribution in [2.24, 2.45) is 0 Å². The van der Waals surface area contributed by atoms with Crippen molar-refractivity contribution in [3.63, 3.8) is 0 Å². The summed E-state index contributed by atoms with van der Waals surface area (Å²) in [6, 6.07) is 10.4. The van der Waals surface area contributed by atoms with Crippen molar-refractivity contribution in [2.45, 2.75) is 20.4 Å². The fourth-order valence-corrected chi connectivity index (χ4v) is 4.50. The molecule has 2 aromatic heterocycles. The molecule has 0 N–H and O–H groups in total. The topological polar surface area (TPSA) is 67.7 Å². The zero-order chi connectivity index (χ0) is 20.4. The summed E-state index contributed by atoms with van der Waals surface area (Å²) in [7, 11) is 0. The zero-order valence-electron chi connectivity index (χ0n) is 16.6. The lowest BCUT2D eigenvalue weighted by Gasteiger charge is -2.33. The van der Waals surface area contributed by atoms with Crippen LogP contribution in [0, 0.1) is 0 Å². The number of carbonyl (C=O) groups is 2. The fourth-order valence-electron chi connectivity index (χ4n) is 3.69. The molecule has 1 aliphatic rings. The molecule has 0 radical (unpaired) electrons. The van der Waals surface area contributed by atoms with Gasteiger partial charge in [0.25, 0.3) is 5.91 Å². The average molecular weight is 413 g/mol. The van der Waals surface area contributed by atoms with E-state index in [4.69, 9.17) is 4.74 Å². The summed E-state index contributed by atoms with van der Waals surface area (Å²) in [6.45, 7) is 7.01. The molecule has 0 aliphatic carbocycles. The molecule has 1 aromatic carbocycles. The summed E-state index contributed by atoms with van der Waals surface area (Å²) >= 11 is 1.49. The maximum Gasteiger partial charge on any atom is 0.409 e. The minimum Gasteiger partial charge on any atom is -0.450 e. The highest BCUT2D eigenvalue weighted by Crippen LogP contribution is 2.30. The molecule has 0 bridgehead atoms. The van der Waals surface area contributed by atoms with E-state index < -0.39 is 0 Å². The second kappa shape index (κ2) is 8.24. The number of fused-ring (bicyclic) bond motifs is 1. The van der Waals surface area contributed by atoms with E-state index in [0.29, 0.717) is 38.5 Å². The molecular formula is C21H24N4O3S. The van der Waals surface area contributed by atoms with Gasteiger partial charge >= 0.3 is 6.09 Å². The van der Waals surface area contributed by atoms with Crippen molar-refractivity contribution < 1.29 is 14.3 Å². The minimum absolute atomic E-state index is 0.0878. The molecule has 8 heteroatoms. The number of aromatic nitrogens is 2. The molecule has 0 saturated carbocycles. The van der Waals surface area contributed by atoms with Crippen LogP contribution >= 0.6 is 11.3 Å². The van der Waals surface area contributed by atoms with Crippen molar-refractivity contribution in [1.29, 1.82) is 0 Å². The lowest BCUT2D eigenvalue weighted by Crippen LogP contribution is -2.50. The molecule has 152 valence electrons. The maximum atomic E-state index is 12.9. The van der Waals surface area contributed by atoms with Crippen LogP contribution in [0.2, 0.25) is 0 Å². The maximum absolute atomic E-state index is 12.9. The quantitative estimate of drug-likeness (QED) is 0.655. The molecular weight excluding hydrogens is 388 g/mol. The summed E-state index contributed by atoms with van der Waals surface area (Å²) in [5, 5.41) is 3.84. The Hall–Kier alpha value is -2.87. The predicted molar refractivity (Wildman–Crippen MR) is 113 cm³/mol. The summed E-state index contributed by atoms with van der Waals surface area (Å²) in [6.07, 6.45) is -0.317. The van der Waals surface area contributed by atoms with E-state index in [2.05, 4.69) is 34.7 Å². The first kappa shape index (κ1) is 19.4. The summed E-state index contributed by atoms with van der Waals surface area (Å²) in [5.74, 6) is -0.0878. The number of piperazine rings is 1. The highest BCUT2D eigenvalue weighted by molar-refractivity contribution is 7.13. The number of amides is 2. The second-order valence-electron chi connectivity index (χ2n) is 6.85. The first-order chi connectivity index (χ1) is 14.1. The molecule has 4 rings (SSSR count). The van der Waals surface area contributed by atoms with E-state index >= 15 is 0 Å². The minimum atomic E-state index is -0.317. The Morgan fingerprint density at radius 2 is 1.83 bits per heavy atom. The number of benzene rings is 1. The molecule has 1 saturated heterocycles. The highest BCUT2D eigenvalue weighted by Gasteiger charge is 2.27. The Morgan fingerprint density at radius 1 is 1.10 bits per heavy atom. The molecule has 1 aliphatic heterocycles. The van der Waals surface area contributed by atoms with Crippen LogP contribution < -0.4 is 0 Å². The number of carbonyl (C=O) groups excluding carboxylic acids is 2. The molecule has 3 heterocycles. The first-order valence-corrected chi connectivity index (χ1v) is 10.8. The largest absolute Gasteiger partial charge is 0.450 e. The SMILES string of the molecule is CCOC(=O)N1CCN(C(=O)c2csc(-c3cc4ccccc4n3CC)n2)CC1. The number of para-hydroxylation sites is 1. The molecule has 3 aromatic rings. The van der Waals surface area contributed by atoms with Crippen LogP contribution in [0.4, 0.5) is 4.79 Å². The van der Waals surface area contributed by atoms with Gasteiger partial charge in [0.05, 0.1) is 12.3 Å². The van der Waals surface area contributed by atoms with Crippen LogP contribution in [0.5, 0.6) is 0 Å². The van der Waals surface area contributed by atoms with Crippen LogP contribution in [0.3, 0.4) is 0 Å². The third-order valence-corrected chi connectivity index (χ3v) is 6.03. The van der Waals surface area contributed by atoms with Gasteiger partial charge in [-0.1, -0.05) is 18.2 Å². The highest BCUT2D eigenvalue weighted by atomic mass is 32.1. The van der Waals surface area contributed by atoms with Gasteiger partial charge in [0, 0.05) is 49.0 Å². The molecule has 0 spiro atoms. The van der Waals surface area contributed by atoms with Crippen LogP contribution in [-0.2, 0) is 11.3 Å². The monoisotopic (exact) mass is 412 g/mol. The molecule has 2 amide bonds. The molecule has 0 unspecified atom stereocenters. The van der Waals surface area contributed by atoms with Crippen LogP contribution in [0.1, 0.15) is 24.3 Å². The molecule has 1 fully saturated rings. The van der Waals surface area contributed by atoms with Gasteiger partial charge in [-0.3, -0.25) is 4.79 Å². The van der Waals surface area contributed by atoms with Gasteiger partial charge in [0.2, 0.25) is 0 Å². The van der Waals surface area contributed by atoms with Gasteiger partial charge < -0.3 is 19.1 Å². The van der Waals surface area contributed by atoms with Gasteiger partial charge in [-0.05, 0) is 26.0 Å². The lowest BCUT2D eigenvalue weighted by molar-refractivity contribution is 0.0566. The summed E-state index contributed by atoms with van der Waals surface area (Å²) in [4.78, 5) is 32.8. The van der Waals surface area contributed by atoms with Crippen LogP contribution in [0.15, 0.2) is 35.7 Å². The normalized spacial score (nSPS) is 14.4. The van der Waals surface area contributed by atoms with E-state index in [1.807, 2.05) is 17.5 Å². The number of thiazole rings is 1. The van der Waals surface area contributed by atoms with Gasteiger partial charge in [0.15, 0.2) is 0 Å². The number of hydrogen-bond acceptors (Lipinski definition) is 5. The Bertz CT molecular complexity index is 1030. The van der Waals surface area contributed by atoms with Crippen molar-refractivity contribution in [1.82, 2.24) is 19.4 Å². The number of nitrogens with zero attached hydrogens (tertiary/aromatic N) is 4. The number of ether oxygens (including phenoxy) is 1. The lowest BCUT2D eigenvalue weighted by atomic mass is 10.2. The smallest absolute Gasteiger partial charge is 0.409 e. The zero-order valence-corrected chi connectivity index (χ0v) is 17.4. The van der Waals surface area contributed by atoms with Crippen LogP contribution in [-0.4, -0.2) is 64.1 Å². The molecule has 0 atom stereocenters. The van der Waals surface area contributed by atoms with Crippen molar-refractivity contribution in [2.75, 3.05) is 32.8 Å². The third kappa shape index (κ3) is 3.72. The van der Waals surface area contributed by atoms with Gasteiger partial charge in [-0.2, -0.15) is 0 Å². The second-order valence-corrected chi connectivity index (χ2v) is 7.71. The van der Waals surface area contributed by atoms with Gasteiger partial charge in [-0.15, -0.1) is 11.3 Å². The molecule has 7 nitrogen and oxygen atoms in total. The average Bonchev–Trinajstić information content (AvgIpc) is 3.38. The summed E-state index contributed by atoms with van der Waals surface area (Å²) < 4.78 is 7.25. The van der Waals surface area contributed by atoms with Crippen molar-refractivity contribution in [3.05, 3.63) is 41.4 Å². The number of hydrogen-bond donors (Lipinski definition) is 0. The summed E-state index contributed by atoms with van der Waals surface area (Å²) in [5.41, 5.74) is 2.66. The van der Waals surface area contributed by atoms with E-state index in [9.17, 15) is 9.59 Å². The number of rotatable bonds is 4. The number of aryl methyl sites for hydroxylation is 1. The van der Waals surface area contributed by atoms with Gasteiger partial charge in [0.1, 0.15) is 10.7 Å². The molecule has 29 heavy (non-hydrogen) atoms. The van der Waals surface area contributed by atoms with E-state index in [1.165, 1.54) is 22.2 Å². The third-order valence-electron chi connectivity index (χ3n) is 5.16. The predicted octanol–water partition coefficient (Wildman–Crippen LogP) is 3.70. The van der Waals surface area contributed by atoms with E-state index in [-0.39, 0.29) is 12.0 Å². The van der Waals surface area contributed by atoms with Crippen molar-refractivity contribution >= 4 is 34.2 Å². The van der Waals surface area contributed by atoms with E-state index in [1.54, 1.807) is 16.7 Å². The first-order valence-electron chi connectivity index (χ1n) is 9.87. The fraction of sp³-hybridized carbons (Fsp3) is 0.381. The Morgan fingerprint density at radius 3 is 2.55 bits per heavy atom. The Balaban J connectivity index is 1.50. The van der Waals surface area contributed by atoms with Crippen molar-refractivity contribution in [3.8, 4) is 10.7 Å². The Kier molecular flexibility index (Phi) is 5.53. The van der Waals surface area contributed by atoms with Crippen LogP contribution in [0.25, 0.3) is 21.6 Å².